The highest BCUT2D eigenvalue weighted by molar-refractivity contribution is 6.42. The fourth-order valence-corrected chi connectivity index (χ4v) is 3.51. The molecule has 1 unspecified atom stereocenters. The fourth-order valence-electron chi connectivity index (χ4n) is 3.14. The monoisotopic (exact) mass is 344 g/mol. The lowest BCUT2D eigenvalue weighted by Crippen LogP contribution is -2.60. The minimum Gasteiger partial charge on any atom is -0.489 e. The quantitative estimate of drug-likeness (QED) is 0.801. The zero-order valence-corrected chi connectivity index (χ0v) is 13.7. The van der Waals surface area contributed by atoms with E-state index in [2.05, 4.69) is 17.2 Å². The molecule has 1 aromatic heterocycles. The third-order valence-electron chi connectivity index (χ3n) is 4.12. The molecule has 2 atom stereocenters. The zero-order valence-electron chi connectivity index (χ0n) is 12.2. The van der Waals surface area contributed by atoms with Crippen LogP contribution in [0.1, 0.15) is 30.1 Å². The van der Waals surface area contributed by atoms with E-state index in [0.717, 1.165) is 19.4 Å². The second-order valence-corrected chi connectivity index (χ2v) is 6.32. The maximum absolute atomic E-state index is 13.0. The summed E-state index contributed by atoms with van der Waals surface area (Å²) >= 11 is 12.1. The van der Waals surface area contributed by atoms with Crippen molar-refractivity contribution in [3.63, 3.8) is 0 Å². The van der Waals surface area contributed by atoms with Crippen molar-refractivity contribution in [2.45, 2.75) is 31.8 Å². The number of fused-ring (bicyclic) bond motifs is 2. The van der Waals surface area contributed by atoms with Crippen molar-refractivity contribution in [1.29, 1.82) is 0 Å². The fraction of sp³-hybridized carbons (Fsp3) is 0.571. The summed E-state index contributed by atoms with van der Waals surface area (Å²) in [7, 11) is 0. The predicted molar refractivity (Wildman–Crippen MR) is 85.7 cm³/mol. The zero-order chi connectivity index (χ0) is 15.9. The number of pyridine rings is 1. The van der Waals surface area contributed by atoms with Gasteiger partial charge in [0.2, 0.25) is 0 Å². The molecule has 8 heteroatoms. The van der Waals surface area contributed by atoms with Gasteiger partial charge in [-0.2, -0.15) is 0 Å². The van der Waals surface area contributed by atoms with Gasteiger partial charge >= 0.3 is 0 Å². The van der Waals surface area contributed by atoms with Crippen molar-refractivity contribution in [3.8, 4) is 5.75 Å². The number of hydrogen-bond donors (Lipinski definition) is 2. The van der Waals surface area contributed by atoms with Gasteiger partial charge in [-0.15, -0.1) is 0 Å². The minimum absolute atomic E-state index is 0.0498. The molecular formula is C14H18Cl2N4O2. The molecular weight excluding hydrogens is 327 g/mol. The van der Waals surface area contributed by atoms with E-state index >= 15 is 0 Å². The van der Waals surface area contributed by atoms with Crippen LogP contribution in [0.3, 0.4) is 0 Å². The summed E-state index contributed by atoms with van der Waals surface area (Å²) < 4.78 is 5.77. The van der Waals surface area contributed by atoms with Crippen molar-refractivity contribution >= 4 is 34.9 Å². The predicted octanol–water partition coefficient (Wildman–Crippen LogP) is 1.95. The summed E-state index contributed by atoms with van der Waals surface area (Å²) in [4.78, 5) is 18.9. The molecule has 0 bridgehead atoms. The molecule has 120 valence electrons. The summed E-state index contributed by atoms with van der Waals surface area (Å²) in [6, 6.07) is 0.0547. The van der Waals surface area contributed by atoms with Crippen molar-refractivity contribution in [2.75, 3.05) is 25.4 Å². The maximum Gasteiger partial charge on any atom is 0.262 e. The highest BCUT2D eigenvalue weighted by atomic mass is 35.5. The molecule has 1 fully saturated rings. The third kappa shape index (κ3) is 2.49. The lowest BCUT2D eigenvalue weighted by atomic mass is 10.0. The number of carbonyl (C=O) groups is 1. The van der Waals surface area contributed by atoms with Gasteiger partial charge in [-0.3, -0.25) is 4.79 Å². The number of piperazine rings is 1. The highest BCUT2D eigenvalue weighted by Crippen LogP contribution is 2.40. The molecule has 3 heterocycles. The van der Waals surface area contributed by atoms with E-state index in [1.807, 2.05) is 4.90 Å². The number of amides is 1. The van der Waals surface area contributed by atoms with Gasteiger partial charge in [0.1, 0.15) is 23.0 Å². The maximum atomic E-state index is 13.0. The van der Waals surface area contributed by atoms with Gasteiger partial charge in [-0.05, 0) is 6.42 Å². The first-order chi connectivity index (χ1) is 10.5. The first-order valence-corrected chi connectivity index (χ1v) is 8.10. The number of carbonyl (C=O) groups excluding carboxylic acids is 1. The molecule has 3 rings (SSSR count). The lowest BCUT2D eigenvalue weighted by Gasteiger charge is -2.41. The summed E-state index contributed by atoms with van der Waals surface area (Å²) in [6.45, 7) is 3.90. The van der Waals surface area contributed by atoms with E-state index in [1.54, 1.807) is 0 Å². The number of nitrogens with zero attached hydrogens (tertiary/aromatic N) is 2. The Morgan fingerprint density at radius 2 is 2.23 bits per heavy atom. The Morgan fingerprint density at radius 1 is 1.45 bits per heavy atom. The number of nitrogens with one attached hydrogen (secondary N) is 1. The van der Waals surface area contributed by atoms with Crippen LogP contribution in [0.4, 0.5) is 5.82 Å². The van der Waals surface area contributed by atoms with Crippen LogP contribution in [0.15, 0.2) is 0 Å². The lowest BCUT2D eigenvalue weighted by molar-refractivity contribution is 0.0424. The molecule has 2 aliphatic heterocycles. The molecule has 1 aromatic rings. The van der Waals surface area contributed by atoms with Crippen molar-refractivity contribution in [3.05, 3.63) is 15.7 Å². The molecule has 0 saturated carbocycles. The molecule has 0 spiro atoms. The van der Waals surface area contributed by atoms with E-state index in [0.29, 0.717) is 13.2 Å². The van der Waals surface area contributed by atoms with Crippen molar-refractivity contribution < 1.29 is 9.53 Å². The second kappa shape index (κ2) is 6.10. The van der Waals surface area contributed by atoms with Crippen LogP contribution in [0, 0.1) is 0 Å². The van der Waals surface area contributed by atoms with Gasteiger partial charge in [0.15, 0.2) is 10.9 Å². The molecule has 6 nitrogen and oxygen atoms in total. The highest BCUT2D eigenvalue weighted by Gasteiger charge is 2.40. The smallest absolute Gasteiger partial charge is 0.262 e. The van der Waals surface area contributed by atoms with Crippen LogP contribution in [0.2, 0.25) is 10.2 Å². The Morgan fingerprint density at radius 3 is 2.95 bits per heavy atom. The van der Waals surface area contributed by atoms with Gasteiger partial charge < -0.3 is 20.7 Å². The molecule has 3 N–H and O–H groups in total. The van der Waals surface area contributed by atoms with Crippen LogP contribution >= 0.6 is 23.2 Å². The van der Waals surface area contributed by atoms with E-state index in [9.17, 15) is 4.79 Å². The number of nitrogen functional groups attached to an aromatic ring is 1. The molecule has 1 saturated heterocycles. The summed E-state index contributed by atoms with van der Waals surface area (Å²) in [5, 5.41) is 3.54. The number of hydrogen-bond acceptors (Lipinski definition) is 5. The summed E-state index contributed by atoms with van der Waals surface area (Å²) in [5.74, 6) is 0.124. The van der Waals surface area contributed by atoms with Crippen LogP contribution < -0.4 is 15.8 Å². The number of ether oxygens (including phenoxy) is 1. The van der Waals surface area contributed by atoms with Crippen molar-refractivity contribution in [1.82, 2.24) is 15.2 Å². The Balaban J connectivity index is 2.08. The van der Waals surface area contributed by atoms with Gasteiger partial charge in [0.25, 0.3) is 5.91 Å². The third-order valence-corrected chi connectivity index (χ3v) is 4.84. The number of rotatable bonds is 2. The first-order valence-electron chi connectivity index (χ1n) is 7.35. The summed E-state index contributed by atoms with van der Waals surface area (Å²) in [6.07, 6.45) is 1.91. The summed E-state index contributed by atoms with van der Waals surface area (Å²) in [5.41, 5.74) is 6.14. The van der Waals surface area contributed by atoms with Gasteiger partial charge in [-0.1, -0.05) is 36.5 Å². The molecule has 22 heavy (non-hydrogen) atoms. The molecule has 0 aromatic carbocycles. The van der Waals surface area contributed by atoms with Gasteiger partial charge in [-0.25, -0.2) is 4.98 Å². The molecule has 1 amide bonds. The van der Waals surface area contributed by atoms with Gasteiger partial charge in [0.05, 0.1) is 6.04 Å². The van der Waals surface area contributed by atoms with E-state index in [4.69, 9.17) is 33.7 Å². The number of aromatic nitrogens is 1. The Hall–Kier alpha value is -1.24. The molecule has 0 aliphatic carbocycles. The molecule has 2 aliphatic rings. The first kappa shape index (κ1) is 15.6. The minimum atomic E-state index is -0.180. The standard InChI is InChI=1S/C14H18Cl2N4O2/c1-2-3-7-4-18-5-8-6-22-11-9(14(21)20(7)8)13(17)19-12(16)10(11)15/h7-8,18H,2-6H2,1H3,(H2,17,19)/t7?,8-/m1/s1. The Kier molecular flexibility index (Phi) is 4.34. The second-order valence-electron chi connectivity index (χ2n) is 5.58. The normalized spacial score (nSPS) is 24.3. The number of nitrogens with two attached hydrogens (primary N) is 1. The number of anilines is 1. The van der Waals surface area contributed by atoms with Crippen LogP contribution in [-0.4, -0.2) is 47.6 Å². The topological polar surface area (TPSA) is 80.5 Å². The molecule has 0 radical (unpaired) electrons. The SMILES string of the molecule is CCCC1CNC[C@@H]2COc3c(Cl)c(Cl)nc(N)c3C(=O)N12. The Labute approximate surface area is 138 Å². The van der Waals surface area contributed by atoms with Crippen LogP contribution in [0.5, 0.6) is 5.75 Å². The largest absolute Gasteiger partial charge is 0.489 e. The van der Waals surface area contributed by atoms with E-state index in [-0.39, 0.29) is 45.3 Å². The van der Waals surface area contributed by atoms with E-state index < -0.39 is 0 Å². The average Bonchev–Trinajstić information content (AvgIpc) is 2.63. The van der Waals surface area contributed by atoms with Crippen LogP contribution in [-0.2, 0) is 0 Å². The van der Waals surface area contributed by atoms with Crippen LogP contribution in [0.25, 0.3) is 0 Å². The average molecular weight is 345 g/mol. The Bertz CT molecular complexity index is 609. The van der Waals surface area contributed by atoms with E-state index in [1.165, 1.54) is 0 Å². The van der Waals surface area contributed by atoms with Crippen molar-refractivity contribution in [2.24, 2.45) is 0 Å². The number of halogens is 2. The van der Waals surface area contributed by atoms with Gasteiger partial charge in [0, 0.05) is 19.1 Å².